The lowest BCUT2D eigenvalue weighted by atomic mass is 10.1. The van der Waals surface area contributed by atoms with E-state index in [1.54, 1.807) is 6.92 Å². The molecule has 0 radical (unpaired) electrons. The fourth-order valence-corrected chi connectivity index (χ4v) is 2.56. The molecule has 0 atom stereocenters. The number of hydrogen-bond acceptors (Lipinski definition) is 4. The van der Waals surface area contributed by atoms with E-state index < -0.39 is 10.0 Å². The zero-order chi connectivity index (χ0) is 16.0. The molecule has 7 heteroatoms. The van der Waals surface area contributed by atoms with Crippen LogP contribution in [0.4, 0.5) is 5.69 Å². The first kappa shape index (κ1) is 17.6. The van der Waals surface area contributed by atoms with Crippen molar-refractivity contribution in [2.24, 2.45) is 10.9 Å². The number of carbonyl (C=O) groups is 1. The largest absolute Gasteiger partial charge is 0.330 e. The lowest BCUT2D eigenvalue weighted by Gasteiger charge is -2.12. The van der Waals surface area contributed by atoms with Crippen molar-refractivity contribution in [3.8, 4) is 0 Å². The van der Waals surface area contributed by atoms with Gasteiger partial charge in [-0.1, -0.05) is 6.42 Å². The van der Waals surface area contributed by atoms with E-state index >= 15 is 0 Å². The van der Waals surface area contributed by atoms with Crippen LogP contribution in [-0.4, -0.2) is 20.9 Å². The molecule has 1 amide bonds. The Morgan fingerprint density at radius 3 is 2.43 bits per heavy atom. The van der Waals surface area contributed by atoms with Crippen molar-refractivity contribution < 1.29 is 13.2 Å². The lowest BCUT2D eigenvalue weighted by molar-refractivity contribution is -0.116. The van der Waals surface area contributed by atoms with Crippen LogP contribution in [0.1, 0.15) is 36.8 Å². The van der Waals surface area contributed by atoms with Gasteiger partial charge in [-0.15, -0.1) is 0 Å². The molecule has 21 heavy (non-hydrogen) atoms. The number of hydrogen-bond donors (Lipinski definition) is 3. The Balaban J connectivity index is 2.83. The van der Waals surface area contributed by atoms with E-state index in [0.29, 0.717) is 18.7 Å². The Bertz CT molecular complexity index is 612. The van der Waals surface area contributed by atoms with Gasteiger partial charge in [-0.3, -0.25) is 4.79 Å². The van der Waals surface area contributed by atoms with Crippen molar-refractivity contribution in [2.45, 2.75) is 44.4 Å². The second-order valence-corrected chi connectivity index (χ2v) is 6.67. The molecule has 0 aliphatic rings. The molecule has 0 saturated carbocycles. The predicted molar refractivity (Wildman–Crippen MR) is 83.4 cm³/mol. The molecule has 0 bridgehead atoms. The summed E-state index contributed by atoms with van der Waals surface area (Å²) in [7, 11) is -3.79. The van der Waals surface area contributed by atoms with Crippen molar-refractivity contribution in [3.63, 3.8) is 0 Å². The average Bonchev–Trinajstić information content (AvgIpc) is 2.38. The minimum atomic E-state index is -3.79. The summed E-state index contributed by atoms with van der Waals surface area (Å²) in [6.07, 6.45) is 2.94. The summed E-state index contributed by atoms with van der Waals surface area (Å²) in [5, 5.41) is 7.89. The van der Waals surface area contributed by atoms with Gasteiger partial charge in [-0.2, -0.15) is 0 Å². The van der Waals surface area contributed by atoms with E-state index in [0.717, 1.165) is 30.4 Å². The molecule has 0 aromatic heterocycles. The third kappa shape index (κ3) is 5.45. The summed E-state index contributed by atoms with van der Waals surface area (Å²) >= 11 is 0. The summed E-state index contributed by atoms with van der Waals surface area (Å²) in [6, 6.07) is 2.90. The first-order valence-electron chi connectivity index (χ1n) is 6.89. The van der Waals surface area contributed by atoms with Gasteiger partial charge in [0.05, 0.1) is 4.90 Å². The third-order valence-corrected chi connectivity index (χ3v) is 4.24. The molecule has 1 aromatic carbocycles. The molecule has 6 nitrogen and oxygen atoms in total. The van der Waals surface area contributed by atoms with Crippen molar-refractivity contribution in [3.05, 3.63) is 23.3 Å². The number of sulfonamides is 1. The Morgan fingerprint density at radius 1 is 1.19 bits per heavy atom. The normalized spacial score (nSPS) is 11.4. The van der Waals surface area contributed by atoms with Gasteiger partial charge < -0.3 is 11.1 Å². The SMILES string of the molecule is Cc1cc(S(N)(=O)=O)cc(NC(=O)CCCCCN)c1C. The van der Waals surface area contributed by atoms with Crippen LogP contribution in [0, 0.1) is 13.8 Å². The van der Waals surface area contributed by atoms with Gasteiger partial charge in [0.25, 0.3) is 0 Å². The lowest BCUT2D eigenvalue weighted by Crippen LogP contribution is -2.16. The Hall–Kier alpha value is -1.44. The van der Waals surface area contributed by atoms with Gasteiger partial charge in [0.15, 0.2) is 0 Å². The molecule has 0 spiro atoms. The topological polar surface area (TPSA) is 115 Å². The summed E-state index contributed by atoms with van der Waals surface area (Å²) in [4.78, 5) is 11.9. The standard InChI is InChI=1S/C14H23N3O3S/c1-10-8-12(21(16,19)20)9-13(11(10)2)17-14(18)6-4-3-5-7-15/h8-9H,3-7,15H2,1-2H3,(H,17,18)(H2,16,19,20). The first-order valence-corrected chi connectivity index (χ1v) is 8.44. The first-order chi connectivity index (χ1) is 9.75. The minimum absolute atomic E-state index is 0.00373. The van der Waals surface area contributed by atoms with E-state index in [9.17, 15) is 13.2 Å². The number of primary sulfonamides is 1. The Kier molecular flexibility index (Phi) is 6.32. The fraction of sp³-hybridized carbons (Fsp3) is 0.500. The molecular formula is C14H23N3O3S. The van der Waals surface area contributed by atoms with Crippen LogP contribution in [0.3, 0.4) is 0 Å². The number of rotatable bonds is 7. The third-order valence-electron chi connectivity index (χ3n) is 3.35. The van der Waals surface area contributed by atoms with Crippen LogP contribution in [0.15, 0.2) is 17.0 Å². The van der Waals surface area contributed by atoms with Crippen molar-refractivity contribution in [1.29, 1.82) is 0 Å². The van der Waals surface area contributed by atoms with Crippen LogP contribution >= 0.6 is 0 Å². The molecule has 0 heterocycles. The number of nitrogens with two attached hydrogens (primary N) is 2. The molecule has 0 saturated heterocycles. The highest BCUT2D eigenvalue weighted by molar-refractivity contribution is 7.89. The van der Waals surface area contributed by atoms with E-state index in [4.69, 9.17) is 10.9 Å². The molecule has 5 N–H and O–H groups in total. The van der Waals surface area contributed by atoms with Crippen LogP contribution in [0.2, 0.25) is 0 Å². The quantitative estimate of drug-likeness (QED) is 0.660. The molecular weight excluding hydrogens is 290 g/mol. The van der Waals surface area contributed by atoms with E-state index in [-0.39, 0.29) is 10.8 Å². The monoisotopic (exact) mass is 313 g/mol. The summed E-state index contributed by atoms with van der Waals surface area (Å²) < 4.78 is 22.9. The molecule has 0 aliphatic heterocycles. The second kappa shape index (κ2) is 7.53. The fourth-order valence-electron chi connectivity index (χ4n) is 1.94. The molecule has 0 aliphatic carbocycles. The Labute approximate surface area is 126 Å². The average molecular weight is 313 g/mol. The number of carbonyl (C=O) groups excluding carboxylic acids is 1. The zero-order valence-corrected chi connectivity index (χ0v) is 13.3. The molecule has 0 fully saturated rings. The van der Waals surface area contributed by atoms with Gasteiger partial charge in [-0.25, -0.2) is 13.6 Å². The van der Waals surface area contributed by atoms with Crippen molar-refractivity contribution in [1.82, 2.24) is 0 Å². The molecule has 118 valence electrons. The number of nitrogens with one attached hydrogen (secondary N) is 1. The maximum Gasteiger partial charge on any atom is 0.238 e. The smallest absolute Gasteiger partial charge is 0.238 e. The predicted octanol–water partition coefficient (Wildman–Crippen LogP) is 1.41. The van der Waals surface area contributed by atoms with Gasteiger partial charge in [0.1, 0.15) is 0 Å². The van der Waals surface area contributed by atoms with Crippen molar-refractivity contribution >= 4 is 21.6 Å². The minimum Gasteiger partial charge on any atom is -0.330 e. The number of anilines is 1. The Morgan fingerprint density at radius 2 is 1.86 bits per heavy atom. The van der Waals surface area contributed by atoms with E-state index in [1.165, 1.54) is 12.1 Å². The maximum absolute atomic E-state index is 11.9. The number of aryl methyl sites for hydroxylation is 1. The number of amides is 1. The summed E-state index contributed by atoms with van der Waals surface area (Å²) in [5.41, 5.74) is 7.48. The summed E-state index contributed by atoms with van der Waals surface area (Å²) in [6.45, 7) is 4.23. The van der Waals surface area contributed by atoms with Crippen LogP contribution in [-0.2, 0) is 14.8 Å². The van der Waals surface area contributed by atoms with Gasteiger partial charge >= 0.3 is 0 Å². The van der Waals surface area contributed by atoms with Crippen LogP contribution in [0.25, 0.3) is 0 Å². The summed E-state index contributed by atoms with van der Waals surface area (Å²) in [5.74, 6) is -0.138. The van der Waals surface area contributed by atoms with Gasteiger partial charge in [0.2, 0.25) is 15.9 Å². The highest BCUT2D eigenvalue weighted by Gasteiger charge is 2.14. The van der Waals surface area contributed by atoms with Gasteiger partial charge in [-0.05, 0) is 56.5 Å². The maximum atomic E-state index is 11.9. The molecule has 1 aromatic rings. The highest BCUT2D eigenvalue weighted by Crippen LogP contribution is 2.23. The highest BCUT2D eigenvalue weighted by atomic mass is 32.2. The number of unbranched alkanes of at least 4 members (excludes halogenated alkanes) is 2. The zero-order valence-electron chi connectivity index (χ0n) is 12.5. The van der Waals surface area contributed by atoms with Crippen molar-refractivity contribution in [2.75, 3.05) is 11.9 Å². The van der Waals surface area contributed by atoms with E-state index in [1.807, 2.05) is 6.92 Å². The molecule has 0 unspecified atom stereocenters. The molecule has 1 rings (SSSR count). The van der Waals surface area contributed by atoms with Crippen LogP contribution < -0.4 is 16.2 Å². The van der Waals surface area contributed by atoms with Crippen LogP contribution in [0.5, 0.6) is 0 Å². The van der Waals surface area contributed by atoms with Gasteiger partial charge in [0, 0.05) is 12.1 Å². The van der Waals surface area contributed by atoms with E-state index in [2.05, 4.69) is 5.32 Å². The number of benzene rings is 1. The second-order valence-electron chi connectivity index (χ2n) is 5.11.